The topological polar surface area (TPSA) is 54.0 Å². The fourth-order valence-corrected chi connectivity index (χ4v) is 2.18. The highest BCUT2D eigenvalue weighted by Crippen LogP contribution is 2.25. The molecule has 1 unspecified atom stereocenters. The van der Waals surface area contributed by atoms with Gasteiger partial charge in [-0.1, -0.05) is 28.1 Å². The number of nitriles is 1. The van der Waals surface area contributed by atoms with Crippen molar-refractivity contribution in [3.8, 4) is 6.07 Å². The number of aryl methyl sites for hydroxylation is 1. The SMILES string of the molecule is Cc1occc1C(=O)C(C#N)c1cccc(Br)c1. The van der Waals surface area contributed by atoms with Crippen LogP contribution >= 0.6 is 15.9 Å². The van der Waals surface area contributed by atoms with Gasteiger partial charge in [-0.3, -0.25) is 4.79 Å². The minimum absolute atomic E-state index is 0.234. The van der Waals surface area contributed by atoms with E-state index in [0.717, 1.165) is 4.47 Å². The lowest BCUT2D eigenvalue weighted by Crippen LogP contribution is -2.11. The summed E-state index contributed by atoms with van der Waals surface area (Å²) in [6.07, 6.45) is 1.46. The molecule has 90 valence electrons. The Balaban J connectivity index is 2.39. The molecule has 0 aliphatic heterocycles. The highest BCUT2D eigenvalue weighted by molar-refractivity contribution is 9.10. The molecule has 0 bridgehead atoms. The number of furan rings is 1. The van der Waals surface area contributed by atoms with Gasteiger partial charge in [0.2, 0.25) is 0 Å². The first-order chi connectivity index (χ1) is 8.63. The molecule has 1 aromatic carbocycles. The molecule has 0 saturated heterocycles. The van der Waals surface area contributed by atoms with Gasteiger partial charge in [-0.2, -0.15) is 5.26 Å². The van der Waals surface area contributed by atoms with E-state index in [1.165, 1.54) is 6.26 Å². The van der Waals surface area contributed by atoms with Crippen molar-refractivity contribution in [1.82, 2.24) is 0 Å². The van der Waals surface area contributed by atoms with Gasteiger partial charge in [-0.15, -0.1) is 0 Å². The highest BCUT2D eigenvalue weighted by atomic mass is 79.9. The van der Waals surface area contributed by atoms with Gasteiger partial charge in [0.25, 0.3) is 0 Å². The Bertz CT molecular complexity index is 625. The Labute approximate surface area is 113 Å². The molecule has 18 heavy (non-hydrogen) atoms. The quantitative estimate of drug-likeness (QED) is 0.810. The molecule has 0 amide bonds. The zero-order valence-electron chi connectivity index (χ0n) is 9.68. The summed E-state index contributed by atoms with van der Waals surface area (Å²) in [6, 6.07) is 10.9. The van der Waals surface area contributed by atoms with E-state index in [-0.39, 0.29) is 5.78 Å². The van der Waals surface area contributed by atoms with Crippen molar-refractivity contribution < 1.29 is 9.21 Å². The van der Waals surface area contributed by atoms with E-state index < -0.39 is 5.92 Å². The average molecular weight is 304 g/mol. The Morgan fingerprint density at radius 3 is 2.78 bits per heavy atom. The van der Waals surface area contributed by atoms with E-state index in [2.05, 4.69) is 15.9 Å². The maximum absolute atomic E-state index is 12.3. The van der Waals surface area contributed by atoms with Crippen molar-refractivity contribution in [2.24, 2.45) is 0 Å². The molecule has 3 nitrogen and oxygen atoms in total. The second kappa shape index (κ2) is 5.19. The lowest BCUT2D eigenvalue weighted by Gasteiger charge is -2.08. The number of carbonyl (C=O) groups is 1. The van der Waals surface area contributed by atoms with E-state index in [4.69, 9.17) is 4.42 Å². The van der Waals surface area contributed by atoms with Gasteiger partial charge < -0.3 is 4.42 Å². The molecule has 1 aromatic heterocycles. The number of hydrogen-bond acceptors (Lipinski definition) is 3. The number of hydrogen-bond donors (Lipinski definition) is 0. The largest absolute Gasteiger partial charge is 0.469 e. The second-order valence-corrected chi connectivity index (χ2v) is 4.79. The van der Waals surface area contributed by atoms with Gasteiger partial charge in [0.1, 0.15) is 11.7 Å². The third-order valence-corrected chi connectivity index (χ3v) is 3.19. The maximum atomic E-state index is 12.3. The Morgan fingerprint density at radius 1 is 1.44 bits per heavy atom. The molecule has 0 spiro atoms. The number of ketones is 1. The van der Waals surface area contributed by atoms with Crippen molar-refractivity contribution in [3.05, 3.63) is 58.0 Å². The number of carbonyl (C=O) groups excluding carboxylic acids is 1. The monoisotopic (exact) mass is 303 g/mol. The van der Waals surface area contributed by atoms with Crippen LogP contribution in [0.15, 0.2) is 45.5 Å². The molecule has 4 heteroatoms. The number of Topliss-reactive ketones (excluding diaryl/α,β-unsaturated/α-hetero) is 1. The molecule has 1 heterocycles. The van der Waals surface area contributed by atoms with Crippen LogP contribution in [-0.2, 0) is 0 Å². The van der Waals surface area contributed by atoms with Crippen LogP contribution in [0.5, 0.6) is 0 Å². The van der Waals surface area contributed by atoms with E-state index in [1.54, 1.807) is 31.2 Å². The summed E-state index contributed by atoms with van der Waals surface area (Å²) in [5.74, 6) is -0.504. The summed E-state index contributed by atoms with van der Waals surface area (Å²) >= 11 is 3.33. The van der Waals surface area contributed by atoms with Crippen molar-refractivity contribution in [2.75, 3.05) is 0 Å². The predicted octanol–water partition coefficient (Wildman–Crippen LogP) is 3.84. The van der Waals surface area contributed by atoms with Crippen LogP contribution < -0.4 is 0 Å². The van der Waals surface area contributed by atoms with Crippen LogP contribution in [0, 0.1) is 18.3 Å². The first-order valence-corrected chi connectivity index (χ1v) is 6.16. The van der Waals surface area contributed by atoms with Crippen molar-refractivity contribution in [1.29, 1.82) is 5.26 Å². The molecule has 0 fully saturated rings. The molecule has 1 atom stereocenters. The number of rotatable bonds is 3. The number of benzene rings is 1. The maximum Gasteiger partial charge on any atom is 0.187 e. The predicted molar refractivity (Wildman–Crippen MR) is 70.3 cm³/mol. The van der Waals surface area contributed by atoms with Crippen molar-refractivity contribution in [3.63, 3.8) is 0 Å². The molecule has 0 aliphatic carbocycles. The summed E-state index contributed by atoms with van der Waals surface area (Å²) in [4.78, 5) is 12.3. The van der Waals surface area contributed by atoms with Crippen molar-refractivity contribution in [2.45, 2.75) is 12.8 Å². The molecular weight excluding hydrogens is 294 g/mol. The smallest absolute Gasteiger partial charge is 0.187 e. The lowest BCUT2D eigenvalue weighted by molar-refractivity contribution is 0.0977. The van der Waals surface area contributed by atoms with Gasteiger partial charge in [-0.05, 0) is 30.7 Å². The standard InChI is InChI=1S/C14H10BrNO2/c1-9-12(5-6-18-9)14(17)13(8-16)10-3-2-4-11(15)7-10/h2-7,13H,1H3. The van der Waals surface area contributed by atoms with Gasteiger partial charge in [0.15, 0.2) is 5.78 Å². The first-order valence-electron chi connectivity index (χ1n) is 5.37. The highest BCUT2D eigenvalue weighted by Gasteiger charge is 2.24. The Morgan fingerprint density at radius 2 is 2.22 bits per heavy atom. The fourth-order valence-electron chi connectivity index (χ4n) is 1.77. The van der Waals surface area contributed by atoms with Crippen LogP contribution in [0.1, 0.15) is 27.6 Å². The second-order valence-electron chi connectivity index (χ2n) is 3.87. The van der Waals surface area contributed by atoms with Gasteiger partial charge in [-0.25, -0.2) is 0 Å². The van der Waals surface area contributed by atoms with Crippen LogP contribution in [0.4, 0.5) is 0 Å². The summed E-state index contributed by atoms with van der Waals surface area (Å²) in [5.41, 5.74) is 1.14. The van der Waals surface area contributed by atoms with Crippen LogP contribution in [0.25, 0.3) is 0 Å². The van der Waals surface area contributed by atoms with E-state index >= 15 is 0 Å². The van der Waals surface area contributed by atoms with Crippen molar-refractivity contribution >= 4 is 21.7 Å². The summed E-state index contributed by atoms with van der Waals surface area (Å²) in [6.45, 7) is 1.71. The lowest BCUT2D eigenvalue weighted by atomic mass is 9.92. The Hall–Kier alpha value is -1.86. The minimum atomic E-state index is -0.807. The third-order valence-electron chi connectivity index (χ3n) is 2.70. The van der Waals surface area contributed by atoms with Crippen LogP contribution in [0.2, 0.25) is 0 Å². The fraction of sp³-hybridized carbons (Fsp3) is 0.143. The molecule has 0 radical (unpaired) electrons. The summed E-state index contributed by atoms with van der Waals surface area (Å²) in [7, 11) is 0. The van der Waals surface area contributed by atoms with E-state index in [1.807, 2.05) is 12.1 Å². The number of nitrogens with zero attached hydrogens (tertiary/aromatic N) is 1. The van der Waals surface area contributed by atoms with Gasteiger partial charge in [0.05, 0.1) is 17.9 Å². The molecule has 0 aliphatic rings. The number of halogens is 1. The van der Waals surface area contributed by atoms with Gasteiger partial charge >= 0.3 is 0 Å². The molecule has 0 N–H and O–H groups in total. The van der Waals surface area contributed by atoms with Crippen LogP contribution in [0.3, 0.4) is 0 Å². The zero-order valence-corrected chi connectivity index (χ0v) is 11.3. The zero-order chi connectivity index (χ0) is 13.1. The summed E-state index contributed by atoms with van der Waals surface area (Å²) in [5, 5.41) is 9.21. The molecule has 2 rings (SSSR count). The first kappa shape index (κ1) is 12.6. The van der Waals surface area contributed by atoms with E-state index in [0.29, 0.717) is 16.9 Å². The average Bonchev–Trinajstić information content (AvgIpc) is 2.76. The molecule has 2 aromatic rings. The normalized spacial score (nSPS) is 11.8. The summed E-state index contributed by atoms with van der Waals surface area (Å²) < 4.78 is 5.94. The van der Waals surface area contributed by atoms with E-state index in [9.17, 15) is 10.1 Å². The van der Waals surface area contributed by atoms with Gasteiger partial charge in [0, 0.05) is 4.47 Å². The third kappa shape index (κ3) is 2.36. The minimum Gasteiger partial charge on any atom is -0.469 e. The van der Waals surface area contributed by atoms with Crippen LogP contribution in [-0.4, -0.2) is 5.78 Å². The molecular formula is C14H10BrNO2. The molecule has 0 saturated carbocycles. The Kier molecular flexibility index (Phi) is 3.63.